The van der Waals surface area contributed by atoms with Gasteiger partial charge in [-0.1, -0.05) is 24.6 Å². The van der Waals surface area contributed by atoms with Gasteiger partial charge in [-0.05, 0) is 50.9 Å². The van der Waals surface area contributed by atoms with E-state index >= 15 is 0 Å². The molecule has 0 spiro atoms. The fourth-order valence-electron chi connectivity index (χ4n) is 2.35. The molecule has 100 valence electrons. The van der Waals surface area contributed by atoms with Gasteiger partial charge in [-0.15, -0.1) is 0 Å². The maximum Gasteiger partial charge on any atom is 0.0474 e. The number of nitrogens with zero attached hydrogens (tertiary/aromatic N) is 1. The zero-order valence-corrected chi connectivity index (χ0v) is 12.3. The van der Waals surface area contributed by atoms with E-state index in [0.717, 1.165) is 17.6 Å². The van der Waals surface area contributed by atoms with E-state index in [1.165, 1.54) is 30.5 Å². The van der Waals surface area contributed by atoms with E-state index in [-0.39, 0.29) is 0 Å². The Morgan fingerprint density at radius 3 is 2.67 bits per heavy atom. The van der Waals surface area contributed by atoms with Crippen LogP contribution in [0, 0.1) is 0 Å². The first-order valence-corrected chi connectivity index (χ1v) is 7.28. The maximum absolute atomic E-state index is 6.41. The Morgan fingerprint density at radius 2 is 2.17 bits per heavy atom. The lowest BCUT2D eigenvalue weighted by molar-refractivity contribution is 0.652. The molecule has 1 unspecified atom stereocenters. The molecule has 1 atom stereocenters. The van der Waals surface area contributed by atoms with Crippen molar-refractivity contribution >= 4 is 17.3 Å². The van der Waals surface area contributed by atoms with Gasteiger partial charge in [-0.3, -0.25) is 0 Å². The summed E-state index contributed by atoms with van der Waals surface area (Å²) in [5.74, 6) is 0. The van der Waals surface area contributed by atoms with Crippen molar-refractivity contribution in [1.29, 1.82) is 0 Å². The van der Waals surface area contributed by atoms with Gasteiger partial charge in [0.1, 0.15) is 0 Å². The third kappa shape index (κ3) is 2.99. The van der Waals surface area contributed by atoms with E-state index < -0.39 is 0 Å². The van der Waals surface area contributed by atoms with Crippen LogP contribution >= 0.6 is 11.6 Å². The molecule has 0 aliphatic heterocycles. The second-order valence-corrected chi connectivity index (χ2v) is 5.55. The summed E-state index contributed by atoms with van der Waals surface area (Å²) < 4.78 is 0. The molecule has 1 saturated carbocycles. The average Bonchev–Trinajstić information content (AvgIpc) is 3.19. The normalized spacial score (nSPS) is 16.7. The molecule has 0 heterocycles. The predicted molar refractivity (Wildman–Crippen MR) is 79.6 cm³/mol. The second-order valence-electron chi connectivity index (χ2n) is 5.14. The van der Waals surface area contributed by atoms with Gasteiger partial charge in [0.05, 0.1) is 0 Å². The van der Waals surface area contributed by atoms with Gasteiger partial charge in [0.25, 0.3) is 0 Å². The molecule has 2 rings (SSSR count). The number of hydrogen-bond acceptors (Lipinski definition) is 2. The van der Waals surface area contributed by atoms with E-state index in [2.05, 4.69) is 42.3 Å². The van der Waals surface area contributed by atoms with Crippen molar-refractivity contribution in [2.75, 3.05) is 18.5 Å². The summed E-state index contributed by atoms with van der Waals surface area (Å²) in [7, 11) is 1.96. The number of rotatable bonds is 6. The molecule has 18 heavy (non-hydrogen) atoms. The topological polar surface area (TPSA) is 15.3 Å². The second kappa shape index (κ2) is 5.94. The van der Waals surface area contributed by atoms with Gasteiger partial charge in [-0.25, -0.2) is 0 Å². The highest BCUT2D eigenvalue weighted by Crippen LogP contribution is 2.34. The fraction of sp³-hybridized carbons (Fsp3) is 0.600. The minimum absolute atomic E-state index is 0.298. The molecular weight excluding hydrogens is 244 g/mol. The zero-order chi connectivity index (χ0) is 13.1. The number of nitrogens with one attached hydrogen (secondary N) is 1. The van der Waals surface area contributed by atoms with Crippen molar-refractivity contribution in [2.24, 2.45) is 0 Å². The van der Waals surface area contributed by atoms with Crippen LogP contribution in [0.15, 0.2) is 18.2 Å². The molecule has 1 N–H and O–H groups in total. The van der Waals surface area contributed by atoms with E-state index in [9.17, 15) is 0 Å². The summed E-state index contributed by atoms with van der Waals surface area (Å²) in [5, 5.41) is 4.10. The highest BCUT2D eigenvalue weighted by atomic mass is 35.5. The van der Waals surface area contributed by atoms with Crippen LogP contribution in [-0.4, -0.2) is 19.6 Å². The van der Waals surface area contributed by atoms with Gasteiger partial charge < -0.3 is 10.2 Å². The highest BCUT2D eigenvalue weighted by molar-refractivity contribution is 6.31. The maximum atomic E-state index is 6.41. The fourth-order valence-corrected chi connectivity index (χ4v) is 2.69. The van der Waals surface area contributed by atoms with Crippen LogP contribution in [0.2, 0.25) is 5.02 Å². The Kier molecular flexibility index (Phi) is 4.52. The Hall–Kier alpha value is -0.730. The van der Waals surface area contributed by atoms with Crippen LogP contribution < -0.4 is 10.2 Å². The summed E-state index contributed by atoms with van der Waals surface area (Å²) in [4.78, 5) is 2.50. The molecule has 2 nitrogen and oxygen atoms in total. The van der Waals surface area contributed by atoms with Crippen LogP contribution in [0.1, 0.15) is 44.7 Å². The van der Waals surface area contributed by atoms with Crippen LogP contribution in [0.3, 0.4) is 0 Å². The van der Waals surface area contributed by atoms with Crippen molar-refractivity contribution < 1.29 is 0 Å². The van der Waals surface area contributed by atoms with Gasteiger partial charge in [0, 0.05) is 29.3 Å². The summed E-state index contributed by atoms with van der Waals surface area (Å²) in [6, 6.07) is 7.53. The lowest BCUT2D eigenvalue weighted by Crippen LogP contribution is -2.26. The molecule has 0 saturated heterocycles. The van der Waals surface area contributed by atoms with Crippen LogP contribution in [-0.2, 0) is 0 Å². The number of hydrogen-bond donors (Lipinski definition) is 1. The third-order valence-electron chi connectivity index (χ3n) is 3.67. The summed E-state index contributed by atoms with van der Waals surface area (Å²) in [5.41, 5.74) is 2.45. The minimum atomic E-state index is 0.298. The quantitative estimate of drug-likeness (QED) is 0.837. The molecule has 0 amide bonds. The lowest BCUT2D eigenvalue weighted by Gasteiger charge is -2.25. The molecule has 1 aliphatic rings. The Labute approximate surface area is 115 Å². The first-order chi connectivity index (χ1) is 8.67. The van der Waals surface area contributed by atoms with E-state index in [1.807, 2.05) is 7.05 Å². The Morgan fingerprint density at radius 1 is 1.44 bits per heavy atom. The highest BCUT2D eigenvalue weighted by Gasteiger charge is 2.28. The monoisotopic (exact) mass is 266 g/mol. The molecule has 0 aromatic heterocycles. The van der Waals surface area contributed by atoms with Crippen molar-refractivity contribution in [3.63, 3.8) is 0 Å². The number of halogens is 1. The van der Waals surface area contributed by atoms with Crippen molar-refractivity contribution in [3.05, 3.63) is 28.8 Å². The van der Waals surface area contributed by atoms with Crippen LogP contribution in [0.25, 0.3) is 0 Å². The van der Waals surface area contributed by atoms with Crippen molar-refractivity contribution in [2.45, 2.75) is 45.2 Å². The zero-order valence-electron chi connectivity index (χ0n) is 11.5. The van der Waals surface area contributed by atoms with Gasteiger partial charge in [-0.2, -0.15) is 0 Å². The summed E-state index contributed by atoms with van der Waals surface area (Å²) >= 11 is 6.41. The molecule has 1 aromatic rings. The summed E-state index contributed by atoms with van der Waals surface area (Å²) in [6.07, 6.45) is 3.83. The van der Waals surface area contributed by atoms with Crippen LogP contribution in [0.5, 0.6) is 0 Å². The third-order valence-corrected chi connectivity index (χ3v) is 3.99. The van der Waals surface area contributed by atoms with Crippen molar-refractivity contribution in [3.8, 4) is 0 Å². The molecule has 0 radical (unpaired) electrons. The number of anilines is 1. The Bertz CT molecular complexity index is 401. The van der Waals surface area contributed by atoms with Crippen LogP contribution in [0.4, 0.5) is 5.69 Å². The minimum Gasteiger partial charge on any atom is -0.369 e. The smallest absolute Gasteiger partial charge is 0.0474 e. The van der Waals surface area contributed by atoms with Gasteiger partial charge in [0.15, 0.2) is 0 Å². The predicted octanol–water partition coefficient (Wildman–Crippen LogP) is 4.00. The van der Waals surface area contributed by atoms with E-state index in [1.54, 1.807) is 0 Å². The molecule has 1 fully saturated rings. The number of benzene rings is 1. The summed E-state index contributed by atoms with van der Waals surface area (Å²) in [6.45, 7) is 5.49. The largest absolute Gasteiger partial charge is 0.369 e. The standard InChI is InChI=1S/C15H23ClN2/c1-4-9-18(12-5-6-12)13-7-8-14(11(2)17-3)15(16)10-13/h7-8,10-12,17H,4-6,9H2,1-3H3. The van der Waals surface area contributed by atoms with Gasteiger partial charge >= 0.3 is 0 Å². The molecule has 1 aliphatic carbocycles. The molecular formula is C15H23ClN2. The van der Waals surface area contributed by atoms with Crippen molar-refractivity contribution in [1.82, 2.24) is 5.32 Å². The average molecular weight is 267 g/mol. The first kappa shape index (κ1) is 13.7. The molecule has 1 aromatic carbocycles. The first-order valence-electron chi connectivity index (χ1n) is 6.90. The SMILES string of the molecule is CCCN(c1ccc(C(C)NC)c(Cl)c1)C1CC1. The van der Waals surface area contributed by atoms with E-state index in [4.69, 9.17) is 11.6 Å². The molecule has 3 heteroatoms. The Balaban J connectivity index is 2.21. The lowest BCUT2D eigenvalue weighted by atomic mass is 10.1. The van der Waals surface area contributed by atoms with E-state index in [0.29, 0.717) is 6.04 Å². The molecule has 0 bridgehead atoms. The van der Waals surface area contributed by atoms with Gasteiger partial charge in [0.2, 0.25) is 0 Å².